The Hall–Kier alpha value is -3.34. The number of aromatic nitrogens is 1. The first-order valence-corrected chi connectivity index (χ1v) is 8.85. The first-order chi connectivity index (χ1) is 13.2. The van der Waals surface area contributed by atoms with Gasteiger partial charge in [0.15, 0.2) is 6.61 Å². The van der Waals surface area contributed by atoms with E-state index in [-0.39, 0.29) is 12.5 Å². The second kappa shape index (κ2) is 8.85. The summed E-state index contributed by atoms with van der Waals surface area (Å²) in [5.74, 6) is 1.71. The van der Waals surface area contributed by atoms with E-state index in [0.29, 0.717) is 23.9 Å². The number of hydrogen-bond donors (Lipinski definition) is 0. The van der Waals surface area contributed by atoms with Gasteiger partial charge in [0, 0.05) is 24.5 Å². The lowest BCUT2D eigenvalue weighted by Gasteiger charge is -2.23. The average molecular weight is 362 g/mol. The molecule has 2 aromatic carbocycles. The van der Waals surface area contributed by atoms with Gasteiger partial charge in [0.1, 0.15) is 11.5 Å². The summed E-state index contributed by atoms with van der Waals surface area (Å²) >= 11 is 0. The molecular formula is C22H22N2O3. The van der Waals surface area contributed by atoms with E-state index < -0.39 is 0 Å². The highest BCUT2D eigenvalue weighted by molar-refractivity contribution is 5.95. The number of pyridine rings is 1. The fourth-order valence-electron chi connectivity index (χ4n) is 2.70. The Morgan fingerprint density at radius 2 is 1.67 bits per heavy atom. The molecule has 138 valence electrons. The van der Waals surface area contributed by atoms with Gasteiger partial charge in [0.25, 0.3) is 5.91 Å². The summed E-state index contributed by atoms with van der Waals surface area (Å²) in [6.07, 6.45) is 1.67. The highest BCUT2D eigenvalue weighted by Crippen LogP contribution is 2.23. The Labute approximate surface area is 159 Å². The monoisotopic (exact) mass is 362 g/mol. The van der Waals surface area contributed by atoms with Crippen molar-refractivity contribution < 1.29 is 14.3 Å². The molecule has 0 aliphatic rings. The quantitative estimate of drug-likeness (QED) is 0.616. The largest absolute Gasteiger partial charge is 0.484 e. The van der Waals surface area contributed by atoms with Crippen LogP contribution in [-0.4, -0.2) is 24.0 Å². The molecule has 0 radical (unpaired) electrons. The van der Waals surface area contributed by atoms with E-state index in [2.05, 4.69) is 4.98 Å². The van der Waals surface area contributed by atoms with Crippen molar-refractivity contribution in [2.45, 2.75) is 13.8 Å². The molecule has 0 saturated carbocycles. The molecule has 1 aromatic heterocycles. The van der Waals surface area contributed by atoms with E-state index in [1.54, 1.807) is 41.4 Å². The standard InChI is InChI=1S/C22H22N2O3/c1-3-24(20-9-5-4-8-17(20)2)22(25)16-26-18-11-13-19(14-12-18)27-21-10-6-7-15-23-21/h4-15H,3,16H2,1-2H3. The number of anilines is 1. The molecule has 27 heavy (non-hydrogen) atoms. The SMILES string of the molecule is CCN(C(=O)COc1ccc(Oc2ccccn2)cc1)c1ccccc1C. The van der Waals surface area contributed by atoms with E-state index in [0.717, 1.165) is 11.3 Å². The minimum absolute atomic E-state index is 0.0252. The van der Waals surface area contributed by atoms with Crippen molar-refractivity contribution in [2.24, 2.45) is 0 Å². The number of ether oxygens (including phenoxy) is 2. The molecule has 1 heterocycles. The third-order valence-electron chi connectivity index (χ3n) is 4.07. The van der Waals surface area contributed by atoms with Gasteiger partial charge in [-0.15, -0.1) is 0 Å². The van der Waals surface area contributed by atoms with Crippen LogP contribution in [0.2, 0.25) is 0 Å². The number of rotatable bonds is 7. The zero-order valence-corrected chi connectivity index (χ0v) is 15.5. The Kier molecular flexibility index (Phi) is 6.05. The summed E-state index contributed by atoms with van der Waals surface area (Å²) < 4.78 is 11.3. The lowest BCUT2D eigenvalue weighted by molar-refractivity contribution is -0.120. The zero-order valence-electron chi connectivity index (χ0n) is 15.5. The maximum Gasteiger partial charge on any atom is 0.264 e. The van der Waals surface area contributed by atoms with Crippen molar-refractivity contribution in [2.75, 3.05) is 18.1 Å². The summed E-state index contributed by atoms with van der Waals surface area (Å²) in [7, 11) is 0. The number of aryl methyl sites for hydroxylation is 1. The van der Waals surface area contributed by atoms with Crippen LogP contribution in [0.15, 0.2) is 72.9 Å². The average Bonchev–Trinajstić information content (AvgIpc) is 2.70. The number of para-hydroxylation sites is 1. The van der Waals surface area contributed by atoms with Crippen LogP contribution in [0.5, 0.6) is 17.4 Å². The molecule has 3 aromatic rings. The fourth-order valence-corrected chi connectivity index (χ4v) is 2.70. The predicted octanol–water partition coefficient (Wildman–Crippen LogP) is 4.61. The summed E-state index contributed by atoms with van der Waals surface area (Å²) in [4.78, 5) is 18.4. The highest BCUT2D eigenvalue weighted by atomic mass is 16.5. The van der Waals surface area contributed by atoms with Gasteiger partial charge in [-0.2, -0.15) is 0 Å². The summed E-state index contributed by atoms with van der Waals surface area (Å²) in [6, 6.07) is 20.4. The first kappa shape index (κ1) is 18.5. The van der Waals surface area contributed by atoms with E-state index >= 15 is 0 Å². The Bertz CT molecular complexity index is 880. The lowest BCUT2D eigenvalue weighted by Crippen LogP contribution is -2.35. The van der Waals surface area contributed by atoms with Crippen molar-refractivity contribution in [3.63, 3.8) is 0 Å². The van der Waals surface area contributed by atoms with Crippen LogP contribution in [0.1, 0.15) is 12.5 Å². The Balaban J connectivity index is 1.59. The summed E-state index contributed by atoms with van der Waals surface area (Å²) in [5.41, 5.74) is 1.97. The van der Waals surface area contributed by atoms with Gasteiger partial charge in [-0.05, 0) is 55.8 Å². The van der Waals surface area contributed by atoms with Gasteiger partial charge in [-0.3, -0.25) is 4.79 Å². The molecule has 1 amide bonds. The molecule has 0 aliphatic heterocycles. The van der Waals surface area contributed by atoms with Crippen LogP contribution in [0.3, 0.4) is 0 Å². The number of benzene rings is 2. The van der Waals surface area contributed by atoms with Crippen LogP contribution < -0.4 is 14.4 Å². The lowest BCUT2D eigenvalue weighted by atomic mass is 10.2. The van der Waals surface area contributed by atoms with E-state index in [1.165, 1.54) is 0 Å². The predicted molar refractivity (Wildman–Crippen MR) is 105 cm³/mol. The maximum absolute atomic E-state index is 12.6. The topological polar surface area (TPSA) is 51.7 Å². The molecule has 0 fully saturated rings. The normalized spacial score (nSPS) is 10.3. The van der Waals surface area contributed by atoms with Gasteiger partial charge in [-0.1, -0.05) is 24.3 Å². The molecule has 0 aliphatic carbocycles. The number of amides is 1. The molecule has 0 unspecified atom stereocenters. The third-order valence-corrected chi connectivity index (χ3v) is 4.07. The number of carbonyl (C=O) groups is 1. The minimum atomic E-state index is -0.0828. The highest BCUT2D eigenvalue weighted by Gasteiger charge is 2.16. The van der Waals surface area contributed by atoms with E-state index in [1.807, 2.05) is 50.2 Å². The molecule has 0 N–H and O–H groups in total. The maximum atomic E-state index is 12.6. The van der Waals surface area contributed by atoms with Gasteiger partial charge < -0.3 is 14.4 Å². The smallest absolute Gasteiger partial charge is 0.264 e. The van der Waals surface area contributed by atoms with Gasteiger partial charge in [0.05, 0.1) is 0 Å². The minimum Gasteiger partial charge on any atom is -0.484 e. The van der Waals surface area contributed by atoms with Crippen LogP contribution in [0, 0.1) is 6.92 Å². The Morgan fingerprint density at radius 3 is 2.33 bits per heavy atom. The summed E-state index contributed by atoms with van der Waals surface area (Å²) in [6.45, 7) is 4.51. The molecular weight excluding hydrogens is 340 g/mol. The van der Waals surface area contributed by atoms with E-state index in [4.69, 9.17) is 9.47 Å². The second-order valence-electron chi connectivity index (χ2n) is 5.95. The summed E-state index contributed by atoms with van der Waals surface area (Å²) in [5, 5.41) is 0. The van der Waals surface area contributed by atoms with Crippen molar-refractivity contribution in [3.8, 4) is 17.4 Å². The number of nitrogens with zero attached hydrogens (tertiary/aromatic N) is 2. The van der Waals surface area contributed by atoms with Gasteiger partial charge in [-0.25, -0.2) is 4.98 Å². The van der Waals surface area contributed by atoms with Crippen LogP contribution in [-0.2, 0) is 4.79 Å². The van der Waals surface area contributed by atoms with Crippen LogP contribution >= 0.6 is 0 Å². The van der Waals surface area contributed by atoms with Gasteiger partial charge >= 0.3 is 0 Å². The third kappa shape index (κ3) is 4.85. The molecule has 3 rings (SSSR count). The second-order valence-corrected chi connectivity index (χ2v) is 5.95. The van der Waals surface area contributed by atoms with Crippen molar-refractivity contribution in [3.05, 3.63) is 78.5 Å². The number of likely N-dealkylation sites (N-methyl/N-ethyl adjacent to an activating group) is 1. The molecule has 0 spiro atoms. The van der Waals surface area contributed by atoms with Crippen molar-refractivity contribution in [1.82, 2.24) is 4.98 Å². The van der Waals surface area contributed by atoms with Crippen LogP contribution in [0.25, 0.3) is 0 Å². The zero-order chi connectivity index (χ0) is 19.1. The molecule has 0 saturated heterocycles. The number of hydrogen-bond acceptors (Lipinski definition) is 4. The van der Waals surface area contributed by atoms with Crippen LogP contribution in [0.4, 0.5) is 5.69 Å². The first-order valence-electron chi connectivity index (χ1n) is 8.85. The molecule has 5 heteroatoms. The fraction of sp³-hybridized carbons (Fsp3) is 0.182. The molecule has 0 bridgehead atoms. The van der Waals surface area contributed by atoms with Crippen molar-refractivity contribution >= 4 is 11.6 Å². The van der Waals surface area contributed by atoms with Crippen molar-refractivity contribution in [1.29, 1.82) is 0 Å². The van der Waals surface area contributed by atoms with E-state index in [9.17, 15) is 4.79 Å². The molecule has 5 nitrogen and oxygen atoms in total. The van der Waals surface area contributed by atoms with Gasteiger partial charge in [0.2, 0.25) is 5.88 Å². The number of carbonyl (C=O) groups excluding carboxylic acids is 1. The Morgan fingerprint density at radius 1 is 0.963 bits per heavy atom. The molecule has 0 atom stereocenters.